The van der Waals surface area contributed by atoms with Crippen LogP contribution in [0.5, 0.6) is 0 Å². The van der Waals surface area contributed by atoms with Gasteiger partial charge < -0.3 is 19.7 Å². The van der Waals surface area contributed by atoms with E-state index in [2.05, 4.69) is 10.1 Å². The molecular weight excluding hydrogens is 258 g/mol. The maximum absolute atomic E-state index is 5.96. The van der Waals surface area contributed by atoms with Crippen LogP contribution in [0.3, 0.4) is 0 Å². The van der Waals surface area contributed by atoms with Gasteiger partial charge >= 0.3 is 0 Å². The van der Waals surface area contributed by atoms with Crippen molar-refractivity contribution in [1.82, 2.24) is 10.1 Å². The van der Waals surface area contributed by atoms with Gasteiger partial charge in [-0.15, -0.1) is 0 Å². The molecule has 2 aliphatic heterocycles. The van der Waals surface area contributed by atoms with Crippen molar-refractivity contribution in [3.05, 3.63) is 11.7 Å². The molecule has 0 radical (unpaired) electrons. The van der Waals surface area contributed by atoms with Crippen molar-refractivity contribution in [2.75, 3.05) is 26.4 Å². The summed E-state index contributed by atoms with van der Waals surface area (Å²) in [6, 6.07) is 0. The van der Waals surface area contributed by atoms with E-state index in [0.717, 1.165) is 44.5 Å². The highest BCUT2D eigenvalue weighted by molar-refractivity contribution is 5.08. The van der Waals surface area contributed by atoms with E-state index in [0.29, 0.717) is 25.6 Å². The van der Waals surface area contributed by atoms with Gasteiger partial charge in [-0.25, -0.2) is 0 Å². The number of nitrogens with zero attached hydrogens (tertiary/aromatic N) is 2. The van der Waals surface area contributed by atoms with E-state index in [9.17, 15) is 0 Å². The summed E-state index contributed by atoms with van der Waals surface area (Å²) in [6.07, 6.45) is 6.14. The zero-order valence-electron chi connectivity index (χ0n) is 11.8. The third kappa shape index (κ3) is 2.87. The van der Waals surface area contributed by atoms with Gasteiger partial charge in [-0.2, -0.15) is 4.98 Å². The lowest BCUT2D eigenvalue weighted by atomic mass is 9.80. The normalized spacial score (nSPS) is 26.6. The summed E-state index contributed by atoms with van der Waals surface area (Å²) in [7, 11) is 0. The van der Waals surface area contributed by atoms with Crippen molar-refractivity contribution >= 4 is 0 Å². The molecule has 2 N–H and O–H groups in total. The number of ether oxygens (including phenoxy) is 2. The van der Waals surface area contributed by atoms with E-state index < -0.39 is 0 Å². The van der Waals surface area contributed by atoms with Crippen molar-refractivity contribution in [2.45, 2.75) is 50.0 Å². The average Bonchev–Trinajstić information content (AvgIpc) is 2.98. The van der Waals surface area contributed by atoms with Crippen LogP contribution in [-0.2, 0) is 21.3 Å². The Balaban J connectivity index is 1.68. The predicted octanol–water partition coefficient (Wildman–Crippen LogP) is 1.19. The Kier molecular flexibility index (Phi) is 4.33. The Morgan fingerprint density at radius 3 is 2.75 bits per heavy atom. The fourth-order valence-corrected chi connectivity index (χ4v) is 2.99. The van der Waals surface area contributed by atoms with Crippen LogP contribution in [0.25, 0.3) is 0 Å². The first-order chi connectivity index (χ1) is 9.82. The van der Waals surface area contributed by atoms with Crippen LogP contribution in [0.2, 0.25) is 0 Å². The standard InChI is InChI=1S/C14H23N3O3/c15-10-14(4-7-18-8-5-14)13-16-12(17-20-13)9-11-3-1-2-6-19-11/h11H,1-10,15H2. The first kappa shape index (κ1) is 14.0. The van der Waals surface area contributed by atoms with Crippen LogP contribution in [0.1, 0.15) is 43.8 Å². The van der Waals surface area contributed by atoms with Crippen LogP contribution in [0.15, 0.2) is 4.52 Å². The van der Waals surface area contributed by atoms with Crippen LogP contribution in [-0.4, -0.2) is 42.6 Å². The molecule has 0 bridgehead atoms. The number of hydrogen-bond acceptors (Lipinski definition) is 6. The van der Waals surface area contributed by atoms with Gasteiger partial charge in [0, 0.05) is 32.8 Å². The molecule has 1 atom stereocenters. The van der Waals surface area contributed by atoms with E-state index in [1.54, 1.807) is 0 Å². The number of aromatic nitrogens is 2. The Labute approximate surface area is 119 Å². The highest BCUT2D eigenvalue weighted by Crippen LogP contribution is 2.32. The molecule has 0 saturated carbocycles. The largest absolute Gasteiger partial charge is 0.381 e. The first-order valence-electron chi connectivity index (χ1n) is 7.55. The van der Waals surface area contributed by atoms with Crippen molar-refractivity contribution in [3.8, 4) is 0 Å². The molecule has 20 heavy (non-hydrogen) atoms. The van der Waals surface area contributed by atoms with E-state index in [1.165, 1.54) is 6.42 Å². The lowest BCUT2D eigenvalue weighted by Crippen LogP contribution is -2.41. The molecule has 112 valence electrons. The second-order valence-electron chi connectivity index (χ2n) is 5.81. The fourth-order valence-electron chi connectivity index (χ4n) is 2.99. The molecule has 0 amide bonds. The smallest absolute Gasteiger partial charge is 0.234 e. The summed E-state index contributed by atoms with van der Waals surface area (Å²) in [4.78, 5) is 4.58. The molecule has 1 unspecified atom stereocenters. The van der Waals surface area contributed by atoms with Gasteiger partial charge in [0.1, 0.15) is 0 Å². The number of hydrogen-bond donors (Lipinski definition) is 1. The summed E-state index contributed by atoms with van der Waals surface area (Å²) in [5.41, 5.74) is 5.76. The Bertz CT molecular complexity index is 423. The van der Waals surface area contributed by atoms with Gasteiger partial charge in [0.15, 0.2) is 5.82 Å². The second kappa shape index (κ2) is 6.20. The number of nitrogens with two attached hydrogens (primary N) is 1. The lowest BCUT2D eigenvalue weighted by molar-refractivity contribution is 0.0153. The van der Waals surface area contributed by atoms with Crippen molar-refractivity contribution < 1.29 is 14.0 Å². The SMILES string of the molecule is NCC1(c2nc(CC3CCCCO3)no2)CCOCC1. The molecule has 2 fully saturated rings. The van der Waals surface area contributed by atoms with E-state index >= 15 is 0 Å². The lowest BCUT2D eigenvalue weighted by Gasteiger charge is -2.32. The van der Waals surface area contributed by atoms with Crippen LogP contribution in [0.4, 0.5) is 0 Å². The maximum atomic E-state index is 5.96. The minimum absolute atomic E-state index is 0.197. The van der Waals surface area contributed by atoms with E-state index in [-0.39, 0.29) is 11.5 Å². The second-order valence-corrected chi connectivity index (χ2v) is 5.81. The molecule has 0 spiro atoms. The highest BCUT2D eigenvalue weighted by Gasteiger charge is 2.38. The monoisotopic (exact) mass is 281 g/mol. The molecule has 1 aromatic rings. The van der Waals surface area contributed by atoms with Crippen LogP contribution < -0.4 is 5.73 Å². The Morgan fingerprint density at radius 1 is 1.20 bits per heavy atom. The Hall–Kier alpha value is -0.980. The molecule has 1 aromatic heterocycles. The average molecular weight is 281 g/mol. The van der Waals surface area contributed by atoms with E-state index in [1.807, 2.05) is 0 Å². The van der Waals surface area contributed by atoms with Crippen LogP contribution in [0, 0.1) is 0 Å². The summed E-state index contributed by atoms with van der Waals surface area (Å²) in [6.45, 7) is 2.79. The van der Waals surface area contributed by atoms with Gasteiger partial charge in [-0.3, -0.25) is 0 Å². The predicted molar refractivity (Wildman–Crippen MR) is 72.4 cm³/mol. The zero-order valence-corrected chi connectivity index (χ0v) is 11.8. The molecule has 3 heterocycles. The Morgan fingerprint density at radius 2 is 2.05 bits per heavy atom. The van der Waals surface area contributed by atoms with Gasteiger partial charge in [0.25, 0.3) is 0 Å². The summed E-state index contributed by atoms with van der Waals surface area (Å²) >= 11 is 0. The zero-order chi connectivity index (χ0) is 13.8. The van der Waals surface area contributed by atoms with Gasteiger partial charge in [0.05, 0.1) is 11.5 Å². The van der Waals surface area contributed by atoms with Crippen molar-refractivity contribution in [2.24, 2.45) is 5.73 Å². The summed E-state index contributed by atoms with van der Waals surface area (Å²) in [5, 5.41) is 4.12. The van der Waals surface area contributed by atoms with Crippen molar-refractivity contribution in [3.63, 3.8) is 0 Å². The molecule has 0 aromatic carbocycles. The summed E-state index contributed by atoms with van der Waals surface area (Å²) < 4.78 is 16.6. The van der Waals surface area contributed by atoms with Gasteiger partial charge in [-0.1, -0.05) is 5.16 Å². The molecule has 3 rings (SSSR count). The fraction of sp³-hybridized carbons (Fsp3) is 0.857. The maximum Gasteiger partial charge on any atom is 0.234 e. The summed E-state index contributed by atoms with van der Waals surface area (Å²) in [5.74, 6) is 1.42. The quantitative estimate of drug-likeness (QED) is 0.892. The highest BCUT2D eigenvalue weighted by atomic mass is 16.5. The van der Waals surface area contributed by atoms with Crippen molar-refractivity contribution in [1.29, 1.82) is 0 Å². The van der Waals surface area contributed by atoms with E-state index in [4.69, 9.17) is 19.7 Å². The topological polar surface area (TPSA) is 83.4 Å². The number of rotatable bonds is 4. The molecule has 6 heteroatoms. The molecule has 2 aliphatic rings. The molecule has 0 aliphatic carbocycles. The van der Waals surface area contributed by atoms with Gasteiger partial charge in [0.2, 0.25) is 5.89 Å². The first-order valence-corrected chi connectivity index (χ1v) is 7.55. The molecule has 2 saturated heterocycles. The third-order valence-corrected chi connectivity index (χ3v) is 4.45. The minimum atomic E-state index is -0.197. The molecule has 6 nitrogen and oxygen atoms in total. The van der Waals surface area contributed by atoms with Crippen LogP contribution >= 0.6 is 0 Å². The minimum Gasteiger partial charge on any atom is -0.381 e. The van der Waals surface area contributed by atoms with Gasteiger partial charge in [-0.05, 0) is 32.1 Å². The molecular formula is C14H23N3O3. The third-order valence-electron chi connectivity index (χ3n) is 4.45.